The van der Waals surface area contributed by atoms with E-state index >= 15 is 0 Å². The molecule has 0 aromatic heterocycles. The lowest BCUT2D eigenvalue weighted by molar-refractivity contribution is -0.136. The number of ether oxygens (including phenoxy) is 1. The van der Waals surface area contributed by atoms with Crippen molar-refractivity contribution in [1.82, 2.24) is 5.32 Å². The quantitative estimate of drug-likeness (QED) is 0.414. The molecule has 2 N–H and O–H groups in total. The number of nitrogens with zero attached hydrogens (tertiary/aromatic N) is 1. The number of hydrogen-bond donors (Lipinski definition) is 2. The van der Waals surface area contributed by atoms with Crippen LogP contribution in [0.3, 0.4) is 0 Å². The standard InChI is InChI=1S/C22H21ClF3N3O2/c1-4-31-20-8-5-13(2)9-17(20)14(3)29-21(30)15(11-27)12-28-19-7-6-16(23)10-18(19)22(24,25)26/h5-10,12,14,28H,4H2,1-3H3,(H,29,30)/b15-12-. The SMILES string of the molecule is CCOc1ccc(C)cc1C(C)NC(=O)/C(C#N)=C\Nc1ccc(Cl)cc1C(F)(F)F. The van der Waals surface area contributed by atoms with Crippen LogP contribution in [0.1, 0.15) is 36.6 Å². The number of carbonyl (C=O) groups is 1. The number of benzene rings is 2. The predicted octanol–water partition coefficient (Wildman–Crippen LogP) is 5.76. The summed E-state index contributed by atoms with van der Waals surface area (Å²) in [6.45, 7) is 5.88. The molecule has 5 nitrogen and oxygen atoms in total. The molecule has 0 spiro atoms. The normalized spacial score (nSPS) is 12.6. The molecule has 0 saturated carbocycles. The van der Waals surface area contributed by atoms with Gasteiger partial charge >= 0.3 is 6.18 Å². The number of aryl methyl sites for hydroxylation is 1. The van der Waals surface area contributed by atoms with Gasteiger partial charge in [0, 0.05) is 16.8 Å². The zero-order chi connectivity index (χ0) is 23.2. The Morgan fingerprint density at radius 1 is 1.29 bits per heavy atom. The van der Waals surface area contributed by atoms with Crippen molar-refractivity contribution in [3.8, 4) is 11.8 Å². The largest absolute Gasteiger partial charge is 0.494 e. The molecule has 1 atom stereocenters. The fourth-order valence-corrected chi connectivity index (χ4v) is 2.99. The van der Waals surface area contributed by atoms with Crippen LogP contribution >= 0.6 is 11.6 Å². The third kappa shape index (κ3) is 6.40. The third-order valence-electron chi connectivity index (χ3n) is 4.30. The molecule has 0 bridgehead atoms. The summed E-state index contributed by atoms with van der Waals surface area (Å²) in [4.78, 5) is 12.5. The second-order valence-corrected chi connectivity index (χ2v) is 7.11. The molecule has 2 rings (SSSR count). The summed E-state index contributed by atoms with van der Waals surface area (Å²) in [7, 11) is 0. The van der Waals surface area contributed by atoms with Gasteiger partial charge in [-0.05, 0) is 45.0 Å². The lowest BCUT2D eigenvalue weighted by atomic mass is 10.0. The molecule has 0 aliphatic heterocycles. The number of halogens is 4. The number of rotatable bonds is 7. The smallest absolute Gasteiger partial charge is 0.418 e. The molecule has 1 unspecified atom stereocenters. The van der Waals surface area contributed by atoms with E-state index in [1.165, 1.54) is 6.07 Å². The van der Waals surface area contributed by atoms with Gasteiger partial charge in [-0.25, -0.2) is 0 Å². The zero-order valence-corrected chi connectivity index (χ0v) is 17.9. The van der Waals surface area contributed by atoms with Crippen LogP contribution in [-0.2, 0) is 11.0 Å². The third-order valence-corrected chi connectivity index (χ3v) is 4.54. The molecule has 164 valence electrons. The van der Waals surface area contributed by atoms with Gasteiger partial charge in [0.25, 0.3) is 5.91 Å². The first-order valence-corrected chi connectivity index (χ1v) is 9.72. The summed E-state index contributed by atoms with van der Waals surface area (Å²) >= 11 is 5.66. The van der Waals surface area contributed by atoms with E-state index < -0.39 is 23.7 Å². The van der Waals surface area contributed by atoms with Gasteiger partial charge in [0.15, 0.2) is 0 Å². The number of carbonyl (C=O) groups excluding carboxylic acids is 1. The topological polar surface area (TPSA) is 74.1 Å². The van der Waals surface area contributed by atoms with Crippen molar-refractivity contribution in [1.29, 1.82) is 5.26 Å². The first-order valence-electron chi connectivity index (χ1n) is 9.34. The van der Waals surface area contributed by atoms with Crippen LogP contribution in [-0.4, -0.2) is 12.5 Å². The van der Waals surface area contributed by atoms with Crippen LogP contribution in [0.4, 0.5) is 18.9 Å². The molecule has 1 amide bonds. The Morgan fingerprint density at radius 3 is 2.61 bits per heavy atom. The number of nitriles is 1. The van der Waals surface area contributed by atoms with Gasteiger partial charge in [0.1, 0.15) is 17.4 Å². The minimum atomic E-state index is -4.66. The zero-order valence-electron chi connectivity index (χ0n) is 17.1. The molecule has 31 heavy (non-hydrogen) atoms. The maximum Gasteiger partial charge on any atom is 0.418 e. The average molecular weight is 452 g/mol. The Hall–Kier alpha value is -3.18. The first kappa shape index (κ1) is 24.1. The fraction of sp³-hybridized carbons (Fsp3) is 0.273. The minimum Gasteiger partial charge on any atom is -0.494 e. The monoisotopic (exact) mass is 451 g/mol. The molecule has 0 radical (unpaired) electrons. The predicted molar refractivity (Wildman–Crippen MR) is 113 cm³/mol. The van der Waals surface area contributed by atoms with Gasteiger partial charge in [-0.1, -0.05) is 29.3 Å². The van der Waals surface area contributed by atoms with Crippen LogP contribution in [0.25, 0.3) is 0 Å². The molecular weight excluding hydrogens is 431 g/mol. The second kappa shape index (κ2) is 10.2. The van der Waals surface area contributed by atoms with Crippen molar-refractivity contribution in [2.75, 3.05) is 11.9 Å². The minimum absolute atomic E-state index is 0.0859. The lowest BCUT2D eigenvalue weighted by Gasteiger charge is -2.18. The first-order chi connectivity index (χ1) is 14.6. The summed E-state index contributed by atoms with van der Waals surface area (Å²) in [5.41, 5.74) is -0.0519. The Labute approximate surface area is 183 Å². The van der Waals surface area contributed by atoms with E-state index in [1.54, 1.807) is 19.1 Å². The molecule has 0 aliphatic rings. The highest BCUT2D eigenvalue weighted by atomic mass is 35.5. The van der Waals surface area contributed by atoms with Gasteiger partial charge in [0.05, 0.1) is 23.9 Å². The molecule has 0 heterocycles. The summed E-state index contributed by atoms with van der Waals surface area (Å²) in [6, 6.07) is 9.87. The Balaban J connectivity index is 2.23. The highest BCUT2D eigenvalue weighted by Crippen LogP contribution is 2.36. The van der Waals surface area contributed by atoms with E-state index in [9.17, 15) is 23.2 Å². The Morgan fingerprint density at radius 2 is 2.00 bits per heavy atom. The maximum absolute atomic E-state index is 13.2. The van der Waals surface area contributed by atoms with E-state index in [0.717, 1.165) is 29.5 Å². The van der Waals surface area contributed by atoms with Crippen molar-refractivity contribution in [2.45, 2.75) is 33.0 Å². The summed E-state index contributed by atoms with van der Waals surface area (Å²) in [6.07, 6.45) is -3.73. The van der Waals surface area contributed by atoms with Crippen molar-refractivity contribution < 1.29 is 22.7 Å². The summed E-state index contributed by atoms with van der Waals surface area (Å²) in [5.74, 6) is -0.147. The van der Waals surface area contributed by atoms with Gasteiger partial charge < -0.3 is 15.4 Å². The van der Waals surface area contributed by atoms with E-state index in [2.05, 4.69) is 10.6 Å². The van der Waals surface area contributed by atoms with Crippen LogP contribution in [0.5, 0.6) is 5.75 Å². The molecular formula is C22H21ClF3N3O2. The number of alkyl halides is 3. The highest BCUT2D eigenvalue weighted by molar-refractivity contribution is 6.30. The van der Waals surface area contributed by atoms with Crippen LogP contribution in [0, 0.1) is 18.3 Å². The summed E-state index contributed by atoms with van der Waals surface area (Å²) < 4.78 is 45.2. The number of anilines is 1. The second-order valence-electron chi connectivity index (χ2n) is 6.67. The number of amides is 1. The van der Waals surface area contributed by atoms with E-state index in [-0.39, 0.29) is 16.3 Å². The highest BCUT2D eigenvalue weighted by Gasteiger charge is 2.33. The van der Waals surface area contributed by atoms with E-state index in [1.807, 2.05) is 26.0 Å². The van der Waals surface area contributed by atoms with Gasteiger partial charge in [-0.2, -0.15) is 18.4 Å². The van der Waals surface area contributed by atoms with Crippen molar-refractivity contribution in [2.24, 2.45) is 0 Å². The van der Waals surface area contributed by atoms with Crippen molar-refractivity contribution in [3.63, 3.8) is 0 Å². The molecule has 2 aromatic rings. The Kier molecular flexibility index (Phi) is 7.95. The van der Waals surface area contributed by atoms with E-state index in [0.29, 0.717) is 12.4 Å². The summed E-state index contributed by atoms with van der Waals surface area (Å²) in [5, 5.41) is 14.3. The van der Waals surface area contributed by atoms with E-state index in [4.69, 9.17) is 16.3 Å². The number of hydrogen-bond acceptors (Lipinski definition) is 4. The van der Waals surface area contributed by atoms with Crippen LogP contribution in [0.2, 0.25) is 5.02 Å². The molecule has 0 saturated heterocycles. The van der Waals surface area contributed by atoms with Gasteiger partial charge in [-0.3, -0.25) is 4.79 Å². The molecule has 2 aromatic carbocycles. The maximum atomic E-state index is 13.2. The van der Waals surface area contributed by atoms with Crippen LogP contribution in [0.15, 0.2) is 48.2 Å². The van der Waals surface area contributed by atoms with Crippen LogP contribution < -0.4 is 15.4 Å². The molecule has 9 heteroatoms. The van der Waals surface area contributed by atoms with Gasteiger partial charge in [0.2, 0.25) is 0 Å². The van der Waals surface area contributed by atoms with Crippen molar-refractivity contribution in [3.05, 3.63) is 69.9 Å². The average Bonchev–Trinajstić information content (AvgIpc) is 2.70. The van der Waals surface area contributed by atoms with Crippen molar-refractivity contribution >= 4 is 23.2 Å². The molecule has 0 aliphatic carbocycles. The fourth-order valence-electron chi connectivity index (χ4n) is 2.82. The lowest BCUT2D eigenvalue weighted by Crippen LogP contribution is -2.28. The Bertz CT molecular complexity index is 1030. The number of nitrogens with one attached hydrogen (secondary N) is 2. The molecule has 0 fully saturated rings. The van der Waals surface area contributed by atoms with Gasteiger partial charge in [-0.15, -0.1) is 0 Å².